The predicted molar refractivity (Wildman–Crippen MR) is 232 cm³/mol. The van der Waals surface area contributed by atoms with Gasteiger partial charge in [0.2, 0.25) is 5.60 Å². The summed E-state index contributed by atoms with van der Waals surface area (Å²) in [6.45, 7) is 12.3. The van der Waals surface area contributed by atoms with Gasteiger partial charge in [0.05, 0.1) is 12.2 Å². The summed E-state index contributed by atoms with van der Waals surface area (Å²) in [5, 5.41) is 36.2. The molecule has 2 saturated carbocycles. The van der Waals surface area contributed by atoms with Gasteiger partial charge in [-0.05, 0) is 30.9 Å². The van der Waals surface area contributed by atoms with Crippen molar-refractivity contribution in [2.24, 2.45) is 29.1 Å². The minimum absolute atomic E-state index is 0.0521. The van der Waals surface area contributed by atoms with E-state index < -0.39 is 81.6 Å². The fourth-order valence-electron chi connectivity index (χ4n) is 12.0. The van der Waals surface area contributed by atoms with Crippen molar-refractivity contribution in [2.75, 3.05) is 6.61 Å². The molecule has 0 aromatic rings. The molecule has 4 rings (SSSR count). The number of aliphatic hydroxyl groups excluding tert-OH is 1. The van der Waals surface area contributed by atoms with Crippen LogP contribution in [0.15, 0.2) is 23.3 Å². The topological polar surface area (TPSA) is 147 Å². The van der Waals surface area contributed by atoms with Crippen molar-refractivity contribution < 1.29 is 44.0 Å². The van der Waals surface area contributed by atoms with E-state index in [0.717, 1.165) is 44.9 Å². The zero-order valence-electron chi connectivity index (χ0n) is 38.1. The molecule has 0 aromatic heterocycles. The molecule has 4 aliphatic rings. The van der Waals surface area contributed by atoms with Crippen LogP contribution in [-0.4, -0.2) is 67.8 Å². The highest BCUT2D eigenvalue weighted by atomic mass is 16.6. The first-order valence-electron chi connectivity index (χ1n) is 24.0. The molecule has 3 N–H and O–H groups in total. The lowest BCUT2D eigenvalue weighted by atomic mass is 9.53. The molecule has 9 heteroatoms. The highest BCUT2D eigenvalue weighted by Crippen LogP contribution is 2.80. The van der Waals surface area contributed by atoms with Crippen LogP contribution in [0.1, 0.15) is 209 Å². The van der Waals surface area contributed by atoms with Crippen LogP contribution in [0.2, 0.25) is 0 Å². The van der Waals surface area contributed by atoms with Gasteiger partial charge in [-0.15, -0.1) is 0 Å². The third-order valence-electron chi connectivity index (χ3n) is 15.1. The van der Waals surface area contributed by atoms with Crippen LogP contribution < -0.4 is 0 Å². The zero-order chi connectivity index (χ0) is 43.5. The summed E-state index contributed by atoms with van der Waals surface area (Å²) in [6.07, 6.45) is 27.9. The van der Waals surface area contributed by atoms with E-state index >= 15 is 4.79 Å². The van der Waals surface area contributed by atoms with Crippen molar-refractivity contribution in [1.29, 1.82) is 0 Å². The summed E-state index contributed by atoms with van der Waals surface area (Å²) in [7, 11) is 0. The van der Waals surface area contributed by atoms with Crippen LogP contribution in [-0.2, 0) is 28.7 Å². The number of esters is 2. The SMILES string of the molecule is CCCCCCCCCCCCCC(=O)O[C@]12[C@H]([C@@H]3C=C(CO)C[C@]4(O)C(=O)C(C)=C[C@H]4[C@@]3(O)[C@H](C)[C@]1(OC(C)=O)C(=O)CCCCCCCCCCCCC)C2(C)C. The van der Waals surface area contributed by atoms with Gasteiger partial charge in [0, 0.05) is 55.3 Å². The van der Waals surface area contributed by atoms with Gasteiger partial charge in [0.15, 0.2) is 17.2 Å². The van der Waals surface area contributed by atoms with Gasteiger partial charge in [-0.3, -0.25) is 19.2 Å². The molecule has 0 spiro atoms. The van der Waals surface area contributed by atoms with Gasteiger partial charge in [0.1, 0.15) is 5.60 Å². The molecule has 0 aromatic carbocycles. The Bertz CT molecular complexity index is 1500. The maximum absolute atomic E-state index is 15.2. The van der Waals surface area contributed by atoms with Crippen molar-refractivity contribution in [3.05, 3.63) is 23.3 Å². The summed E-state index contributed by atoms with van der Waals surface area (Å²) < 4.78 is 13.0. The van der Waals surface area contributed by atoms with E-state index in [1.165, 1.54) is 90.4 Å². The van der Waals surface area contributed by atoms with E-state index in [9.17, 15) is 29.7 Å². The van der Waals surface area contributed by atoms with Gasteiger partial charge in [-0.25, -0.2) is 0 Å². The molecule has 0 heterocycles. The molecule has 4 aliphatic carbocycles. The molecular formula is C50H82O9. The molecule has 0 bridgehead atoms. The molecule has 0 aliphatic heterocycles. The molecule has 0 amide bonds. The number of ketones is 2. The number of aliphatic hydroxyl groups is 3. The molecule has 59 heavy (non-hydrogen) atoms. The molecule has 336 valence electrons. The highest BCUT2D eigenvalue weighted by molar-refractivity contribution is 6.05. The van der Waals surface area contributed by atoms with Crippen LogP contribution in [0.25, 0.3) is 0 Å². The maximum atomic E-state index is 15.2. The molecule has 8 atom stereocenters. The predicted octanol–water partition coefficient (Wildman–Crippen LogP) is 10.4. The molecule has 0 radical (unpaired) electrons. The van der Waals surface area contributed by atoms with Gasteiger partial charge in [-0.2, -0.15) is 0 Å². The van der Waals surface area contributed by atoms with E-state index in [0.29, 0.717) is 18.4 Å². The summed E-state index contributed by atoms with van der Waals surface area (Å²) >= 11 is 0. The minimum Gasteiger partial charge on any atom is -0.453 e. The second-order valence-electron chi connectivity index (χ2n) is 19.6. The number of ether oxygens (including phenoxy) is 2. The first-order chi connectivity index (χ1) is 28.1. The Morgan fingerprint density at radius 1 is 0.712 bits per heavy atom. The third kappa shape index (κ3) is 9.98. The van der Waals surface area contributed by atoms with Gasteiger partial charge < -0.3 is 24.8 Å². The Labute approximate surface area is 356 Å². The lowest BCUT2D eigenvalue weighted by Crippen LogP contribution is -2.74. The van der Waals surface area contributed by atoms with Gasteiger partial charge in [-0.1, -0.05) is 175 Å². The van der Waals surface area contributed by atoms with E-state index in [4.69, 9.17) is 9.47 Å². The number of carbonyl (C=O) groups excluding carboxylic acids is 4. The summed E-state index contributed by atoms with van der Waals surface area (Å²) in [6, 6.07) is 0. The number of fused-ring (bicyclic) bond motifs is 5. The fraction of sp³-hybridized carbons (Fsp3) is 0.840. The summed E-state index contributed by atoms with van der Waals surface area (Å²) in [5.74, 6) is -6.13. The Kier molecular flexibility index (Phi) is 18.1. The number of hydrogen-bond acceptors (Lipinski definition) is 9. The second-order valence-corrected chi connectivity index (χ2v) is 19.6. The Hall–Kier alpha value is -2.36. The molecular weight excluding hydrogens is 745 g/mol. The highest BCUT2D eigenvalue weighted by Gasteiger charge is 2.94. The van der Waals surface area contributed by atoms with E-state index in [-0.39, 0.29) is 24.8 Å². The molecule has 9 nitrogen and oxygen atoms in total. The van der Waals surface area contributed by atoms with Crippen molar-refractivity contribution >= 4 is 23.5 Å². The maximum Gasteiger partial charge on any atom is 0.306 e. The molecule has 0 unspecified atom stereocenters. The van der Waals surface area contributed by atoms with Crippen LogP contribution in [0.4, 0.5) is 0 Å². The quantitative estimate of drug-likeness (QED) is 0.0398. The van der Waals surface area contributed by atoms with Crippen molar-refractivity contribution in [1.82, 2.24) is 0 Å². The Morgan fingerprint density at radius 3 is 1.63 bits per heavy atom. The number of carbonyl (C=O) groups is 4. The average molecular weight is 827 g/mol. The molecule has 2 fully saturated rings. The van der Waals surface area contributed by atoms with Gasteiger partial charge >= 0.3 is 11.9 Å². The summed E-state index contributed by atoms with van der Waals surface area (Å²) in [4.78, 5) is 56.5. The number of rotatable bonds is 28. The lowest BCUT2D eigenvalue weighted by Gasteiger charge is -2.57. The Balaban J connectivity index is 1.61. The van der Waals surface area contributed by atoms with E-state index in [1.807, 2.05) is 13.8 Å². The normalized spacial score (nSPS) is 31.7. The third-order valence-corrected chi connectivity index (χ3v) is 15.1. The van der Waals surface area contributed by atoms with Crippen LogP contribution in [0.5, 0.6) is 0 Å². The lowest BCUT2D eigenvalue weighted by molar-refractivity contribution is -0.259. The first-order valence-corrected chi connectivity index (χ1v) is 24.0. The van der Waals surface area contributed by atoms with E-state index in [2.05, 4.69) is 13.8 Å². The van der Waals surface area contributed by atoms with E-state index in [1.54, 1.807) is 26.0 Å². The largest absolute Gasteiger partial charge is 0.453 e. The Morgan fingerprint density at radius 2 is 1.17 bits per heavy atom. The number of unbranched alkanes of at least 4 members (excludes halogenated alkanes) is 20. The monoisotopic (exact) mass is 827 g/mol. The van der Waals surface area contributed by atoms with Crippen molar-refractivity contribution in [2.45, 2.75) is 231 Å². The molecule has 0 saturated heterocycles. The van der Waals surface area contributed by atoms with Crippen LogP contribution in [0, 0.1) is 29.1 Å². The van der Waals surface area contributed by atoms with Crippen LogP contribution in [0.3, 0.4) is 0 Å². The van der Waals surface area contributed by atoms with Crippen LogP contribution >= 0.6 is 0 Å². The summed E-state index contributed by atoms with van der Waals surface area (Å²) in [5.41, 5.74) is -8.12. The first kappa shape index (κ1) is 49.3. The fourth-order valence-corrected chi connectivity index (χ4v) is 12.0. The number of hydrogen-bond donors (Lipinski definition) is 3. The zero-order valence-corrected chi connectivity index (χ0v) is 38.1. The van der Waals surface area contributed by atoms with Gasteiger partial charge in [0.25, 0.3) is 0 Å². The van der Waals surface area contributed by atoms with Crippen molar-refractivity contribution in [3.8, 4) is 0 Å². The van der Waals surface area contributed by atoms with Crippen molar-refractivity contribution in [3.63, 3.8) is 0 Å². The second kappa shape index (κ2) is 21.6. The average Bonchev–Trinajstić information content (AvgIpc) is 3.62. The standard InChI is InChI=1S/C50H82O9/c1-8-10-12-14-16-18-20-22-24-26-28-30-42(53)49(58-38(5)52)37(4)48(57)40(33-39(35-51)34-47(56)41(48)32-36(3)45(47)55)44-46(6,7)50(44,49)59-43(54)31-29-27-25-23-21-19-17-15-13-11-9-2/h32-33,37,40-41,44,51,56-57H,8-31,34-35H2,1-7H3/t37-,40-,41+,44+,47+,48+,49-,50-/m0/s1. The number of Topliss-reactive ketones (excluding diaryl/α,β-unsaturated/α-hetero) is 2. The smallest absolute Gasteiger partial charge is 0.306 e. The minimum atomic E-state index is -2.10.